The molecule has 0 atom stereocenters. The number of carbonyl (C=O) groups is 2. The van der Waals surface area contributed by atoms with Crippen LogP contribution in [-0.4, -0.2) is 23.4 Å². The molecule has 0 aliphatic carbocycles. The van der Waals surface area contributed by atoms with Crippen molar-refractivity contribution in [2.45, 2.75) is 143 Å². The Labute approximate surface area is 210 Å². The summed E-state index contributed by atoms with van der Waals surface area (Å²) in [5.41, 5.74) is 4.22. The third-order valence-electron chi connectivity index (χ3n) is 7.39. The molecular weight excluding hydrogens is 422 g/mol. The van der Waals surface area contributed by atoms with Crippen molar-refractivity contribution in [1.82, 2.24) is 4.57 Å². The Morgan fingerprint density at radius 1 is 0.706 bits per heavy atom. The van der Waals surface area contributed by atoms with Gasteiger partial charge in [0.05, 0.1) is 7.11 Å². The van der Waals surface area contributed by atoms with Gasteiger partial charge in [-0.1, -0.05) is 96.8 Å². The second kappa shape index (κ2) is 18.7. The van der Waals surface area contributed by atoms with Gasteiger partial charge in [-0.25, -0.2) is 0 Å². The minimum atomic E-state index is -0.173. The smallest absolute Gasteiger partial charge is 0.305 e. The Bertz CT molecular complexity index is 704. The van der Waals surface area contributed by atoms with Crippen molar-refractivity contribution in [3.8, 4) is 0 Å². The molecule has 196 valence electrons. The molecule has 0 aliphatic heterocycles. The summed E-state index contributed by atoms with van der Waals surface area (Å²) in [6.45, 7) is 6.37. The first-order chi connectivity index (χ1) is 16.4. The number of methoxy groups -OCH3 is 1. The van der Waals surface area contributed by atoms with E-state index in [4.69, 9.17) is 4.74 Å². The molecule has 0 fully saturated rings. The van der Waals surface area contributed by atoms with Crippen molar-refractivity contribution < 1.29 is 14.3 Å². The minimum Gasteiger partial charge on any atom is -0.469 e. The Morgan fingerprint density at radius 2 is 1.18 bits per heavy atom. The number of carbonyl (C=O) groups excluding carboxylic acids is 2. The first-order valence-electron chi connectivity index (χ1n) is 14.2. The number of unbranched alkanes of at least 4 members (excludes halogenated alkanes) is 14. The van der Waals surface area contributed by atoms with Gasteiger partial charge in [-0.05, 0) is 38.7 Å². The van der Waals surface area contributed by atoms with Crippen LogP contribution in [0.1, 0.15) is 150 Å². The molecule has 0 bridgehead atoms. The van der Waals surface area contributed by atoms with Crippen molar-refractivity contribution >= 4 is 11.8 Å². The van der Waals surface area contributed by atoms with Gasteiger partial charge < -0.3 is 9.30 Å². The van der Waals surface area contributed by atoms with Crippen LogP contribution in [0, 0.1) is 13.8 Å². The number of ether oxygens (including phenoxy) is 1. The zero-order valence-electron chi connectivity index (χ0n) is 23.1. The molecule has 0 saturated heterocycles. The van der Waals surface area contributed by atoms with Crippen LogP contribution in [0.3, 0.4) is 0 Å². The molecule has 0 saturated carbocycles. The number of hydrogen-bond acceptors (Lipinski definition) is 3. The van der Waals surface area contributed by atoms with Gasteiger partial charge in [-0.15, -0.1) is 0 Å². The fraction of sp³-hybridized carbons (Fsp3) is 0.800. The van der Waals surface area contributed by atoms with Crippen molar-refractivity contribution in [3.63, 3.8) is 0 Å². The molecule has 0 aliphatic rings. The van der Waals surface area contributed by atoms with Gasteiger partial charge in [0.25, 0.3) is 0 Å². The third kappa shape index (κ3) is 11.7. The van der Waals surface area contributed by atoms with Crippen molar-refractivity contribution in [1.29, 1.82) is 0 Å². The lowest BCUT2D eigenvalue weighted by Crippen LogP contribution is -2.04. The Morgan fingerprint density at radius 3 is 1.65 bits per heavy atom. The predicted octanol–water partition coefficient (Wildman–Crippen LogP) is 8.58. The predicted molar refractivity (Wildman–Crippen MR) is 144 cm³/mol. The summed E-state index contributed by atoms with van der Waals surface area (Å²) in [5.74, 6) is 0.104. The van der Waals surface area contributed by atoms with Crippen LogP contribution in [0.2, 0.25) is 0 Å². The van der Waals surface area contributed by atoms with E-state index in [2.05, 4.69) is 18.4 Å². The normalized spacial score (nSPS) is 11.2. The third-order valence-corrected chi connectivity index (χ3v) is 7.39. The fourth-order valence-electron chi connectivity index (χ4n) is 5.09. The van der Waals surface area contributed by atoms with Crippen molar-refractivity contribution in [2.75, 3.05) is 7.11 Å². The van der Waals surface area contributed by atoms with Crippen LogP contribution in [0.4, 0.5) is 0 Å². The summed E-state index contributed by atoms with van der Waals surface area (Å²) >= 11 is 0. The number of aromatic nitrogens is 1. The molecule has 1 rings (SSSR count). The van der Waals surface area contributed by atoms with E-state index in [1.54, 1.807) is 0 Å². The van der Waals surface area contributed by atoms with Crippen LogP contribution in [0.5, 0.6) is 0 Å². The molecule has 1 heterocycles. The first-order valence-corrected chi connectivity index (χ1v) is 14.2. The van der Waals surface area contributed by atoms with E-state index in [-0.39, 0.29) is 11.8 Å². The number of ketones is 1. The molecule has 0 unspecified atom stereocenters. The highest BCUT2D eigenvalue weighted by atomic mass is 16.5. The first kappa shape index (κ1) is 30.5. The average molecular weight is 476 g/mol. The van der Waals surface area contributed by atoms with Gasteiger partial charge in [-0.2, -0.15) is 0 Å². The van der Waals surface area contributed by atoms with E-state index in [0.29, 0.717) is 12.8 Å². The van der Waals surface area contributed by atoms with E-state index < -0.39 is 0 Å². The monoisotopic (exact) mass is 475 g/mol. The highest BCUT2D eigenvalue weighted by Crippen LogP contribution is 2.25. The summed E-state index contributed by atoms with van der Waals surface area (Å²) in [6, 6.07) is 0. The maximum absolute atomic E-state index is 12.9. The Kier molecular flexibility index (Phi) is 16.8. The zero-order valence-corrected chi connectivity index (χ0v) is 23.1. The van der Waals surface area contributed by atoms with E-state index in [1.807, 2.05) is 14.0 Å². The fourth-order valence-corrected chi connectivity index (χ4v) is 5.09. The molecule has 0 spiro atoms. The second-order valence-electron chi connectivity index (χ2n) is 10.1. The van der Waals surface area contributed by atoms with Crippen LogP contribution < -0.4 is 0 Å². The standard InChI is InChI=1S/C30H53NO3/c1-6-7-8-9-10-11-12-13-14-15-16-17-18-19-20-23-28(32)30-25(2)27(31(4)26(30)3)22-21-24-29(33)34-5/h6-24H2,1-5H3. The van der Waals surface area contributed by atoms with Gasteiger partial charge in [0, 0.05) is 36.8 Å². The van der Waals surface area contributed by atoms with E-state index >= 15 is 0 Å². The maximum atomic E-state index is 12.9. The van der Waals surface area contributed by atoms with Gasteiger partial charge in [0.1, 0.15) is 0 Å². The molecule has 4 nitrogen and oxygen atoms in total. The molecule has 0 radical (unpaired) electrons. The maximum Gasteiger partial charge on any atom is 0.305 e. The summed E-state index contributed by atoms with van der Waals surface area (Å²) in [5, 5.41) is 0. The molecule has 1 aromatic rings. The molecule has 1 aromatic heterocycles. The largest absolute Gasteiger partial charge is 0.469 e. The topological polar surface area (TPSA) is 48.3 Å². The highest BCUT2D eigenvalue weighted by Gasteiger charge is 2.20. The quantitative estimate of drug-likeness (QED) is 0.102. The average Bonchev–Trinajstić information content (AvgIpc) is 3.04. The summed E-state index contributed by atoms with van der Waals surface area (Å²) in [7, 11) is 3.45. The number of rotatable bonds is 21. The Balaban J connectivity index is 2.16. The van der Waals surface area contributed by atoms with Crippen LogP contribution in [0.25, 0.3) is 0 Å². The van der Waals surface area contributed by atoms with E-state index in [9.17, 15) is 9.59 Å². The lowest BCUT2D eigenvalue weighted by atomic mass is 9.99. The van der Waals surface area contributed by atoms with Crippen molar-refractivity contribution in [2.24, 2.45) is 7.05 Å². The van der Waals surface area contributed by atoms with Gasteiger partial charge in [0.2, 0.25) is 0 Å². The van der Waals surface area contributed by atoms with E-state index in [0.717, 1.165) is 42.5 Å². The Hall–Kier alpha value is -1.58. The van der Waals surface area contributed by atoms with Gasteiger partial charge in [0.15, 0.2) is 5.78 Å². The molecule has 34 heavy (non-hydrogen) atoms. The SMILES string of the molecule is CCCCCCCCCCCCCCCCCC(=O)c1c(C)c(CCCC(=O)OC)n(C)c1C. The lowest BCUT2D eigenvalue weighted by molar-refractivity contribution is -0.140. The molecule has 0 aromatic carbocycles. The lowest BCUT2D eigenvalue weighted by Gasteiger charge is -2.06. The van der Waals surface area contributed by atoms with E-state index in [1.165, 1.54) is 96.3 Å². The number of Topliss-reactive ketones (excluding diaryl/α,β-unsaturated/α-hetero) is 1. The molecule has 0 N–H and O–H groups in total. The summed E-state index contributed by atoms with van der Waals surface area (Å²) in [4.78, 5) is 24.3. The van der Waals surface area contributed by atoms with Gasteiger partial charge in [-0.3, -0.25) is 9.59 Å². The van der Waals surface area contributed by atoms with Crippen molar-refractivity contribution in [3.05, 3.63) is 22.5 Å². The number of esters is 1. The number of hydrogen-bond donors (Lipinski definition) is 0. The molecule has 4 heteroatoms. The summed E-state index contributed by atoms with van der Waals surface area (Å²) < 4.78 is 6.87. The minimum absolute atomic E-state index is 0.173. The van der Waals surface area contributed by atoms with Gasteiger partial charge >= 0.3 is 5.97 Å². The van der Waals surface area contributed by atoms with Crippen LogP contribution in [-0.2, 0) is 23.0 Å². The highest BCUT2D eigenvalue weighted by molar-refractivity contribution is 5.99. The zero-order chi connectivity index (χ0) is 25.2. The molecule has 0 amide bonds. The summed E-state index contributed by atoms with van der Waals surface area (Å²) in [6.07, 6.45) is 22.7. The van der Waals surface area contributed by atoms with Crippen LogP contribution in [0.15, 0.2) is 0 Å². The van der Waals surface area contributed by atoms with Crippen LogP contribution >= 0.6 is 0 Å². The second-order valence-corrected chi connectivity index (χ2v) is 10.1. The molecular formula is C30H53NO3. The number of nitrogens with zero attached hydrogens (tertiary/aromatic N) is 1.